The van der Waals surface area contributed by atoms with Crippen molar-refractivity contribution in [1.82, 2.24) is 4.98 Å². The molecule has 0 aromatic carbocycles. The summed E-state index contributed by atoms with van der Waals surface area (Å²) in [5.41, 5.74) is 3.09. The van der Waals surface area contributed by atoms with Gasteiger partial charge >= 0.3 is 0 Å². The van der Waals surface area contributed by atoms with Crippen molar-refractivity contribution in [3.8, 4) is 0 Å². The van der Waals surface area contributed by atoms with Crippen molar-refractivity contribution in [3.05, 3.63) is 27.9 Å². The van der Waals surface area contributed by atoms with E-state index >= 15 is 0 Å². The van der Waals surface area contributed by atoms with Gasteiger partial charge in [0.25, 0.3) is 0 Å². The first-order valence-corrected chi connectivity index (χ1v) is 4.85. The second kappa shape index (κ2) is 3.37. The summed E-state index contributed by atoms with van der Waals surface area (Å²) >= 11 is 0. The van der Waals surface area contributed by atoms with Crippen LogP contribution in [0.1, 0.15) is 24.1 Å². The number of aromatic nitrogens is 1. The molecule has 0 spiro atoms. The van der Waals surface area contributed by atoms with Gasteiger partial charge in [0.1, 0.15) is 6.29 Å². The van der Waals surface area contributed by atoms with E-state index in [2.05, 4.69) is 17.1 Å². The van der Waals surface area contributed by atoms with E-state index in [9.17, 15) is 4.79 Å². The minimum absolute atomic E-state index is 0.848. The Bertz CT molecular complexity index is 500. The van der Waals surface area contributed by atoms with E-state index in [4.69, 9.17) is 0 Å². The number of rotatable bonds is 1. The number of carbonyl (C=O) groups excluding carboxylic acids is 1. The summed E-state index contributed by atoms with van der Waals surface area (Å²) in [6, 6.07) is 2.07. The molecule has 1 heterocycles. The zero-order valence-corrected chi connectivity index (χ0v) is 8.50. The highest BCUT2D eigenvalue weighted by Gasteiger charge is 2.05. The van der Waals surface area contributed by atoms with E-state index in [-0.39, 0.29) is 0 Å². The number of nitrogens with zero attached hydrogens (tertiary/aromatic N) is 1. The molecule has 0 unspecified atom stereocenters. The lowest BCUT2D eigenvalue weighted by Gasteiger charge is -2.06. The molecular weight excluding hydrogens is 174 g/mol. The summed E-state index contributed by atoms with van der Waals surface area (Å²) in [6.07, 6.45) is 4.84. The number of pyridine rings is 1. The average Bonchev–Trinajstić information content (AvgIpc) is 2.19. The summed E-state index contributed by atoms with van der Waals surface area (Å²) in [7, 11) is 0. The number of aryl methyl sites for hydroxylation is 2. The van der Waals surface area contributed by atoms with Gasteiger partial charge in [0, 0.05) is 16.5 Å². The third-order valence-electron chi connectivity index (χ3n) is 2.74. The zero-order chi connectivity index (χ0) is 10.1. The van der Waals surface area contributed by atoms with E-state index in [1.54, 1.807) is 0 Å². The molecule has 2 rings (SSSR count). The standard InChI is InChI=1S/C12H13NO/c1-8-6-11-10(7-14)4-3-5-12(11)13-9(8)2/h5-7H,3-4H2,1-2H3. The highest BCUT2D eigenvalue weighted by Crippen LogP contribution is 2.05. The van der Waals surface area contributed by atoms with Crippen molar-refractivity contribution < 1.29 is 4.79 Å². The molecule has 14 heavy (non-hydrogen) atoms. The van der Waals surface area contributed by atoms with E-state index in [0.717, 1.165) is 46.5 Å². The Balaban J connectivity index is 2.89. The molecule has 72 valence electrons. The van der Waals surface area contributed by atoms with Crippen LogP contribution in [0.25, 0.3) is 11.6 Å². The van der Waals surface area contributed by atoms with Crippen LogP contribution in [0.2, 0.25) is 0 Å². The van der Waals surface area contributed by atoms with Crippen LogP contribution in [-0.4, -0.2) is 11.3 Å². The number of aldehydes is 1. The zero-order valence-electron chi connectivity index (χ0n) is 8.50. The van der Waals surface area contributed by atoms with Crippen molar-refractivity contribution in [2.24, 2.45) is 0 Å². The molecule has 0 saturated carbocycles. The largest absolute Gasteiger partial charge is 0.298 e. The lowest BCUT2D eigenvalue weighted by molar-refractivity contribution is -0.103. The molecule has 0 amide bonds. The second-order valence-electron chi connectivity index (χ2n) is 3.71. The van der Waals surface area contributed by atoms with Gasteiger partial charge in [-0.3, -0.25) is 9.78 Å². The summed E-state index contributed by atoms with van der Waals surface area (Å²) in [5.74, 6) is 0. The smallest absolute Gasteiger partial charge is 0.146 e. The molecule has 2 nitrogen and oxygen atoms in total. The minimum Gasteiger partial charge on any atom is -0.298 e. The Morgan fingerprint density at radius 3 is 2.93 bits per heavy atom. The maximum absolute atomic E-state index is 10.8. The van der Waals surface area contributed by atoms with Crippen molar-refractivity contribution in [3.63, 3.8) is 0 Å². The van der Waals surface area contributed by atoms with Crippen molar-refractivity contribution >= 4 is 17.9 Å². The summed E-state index contributed by atoms with van der Waals surface area (Å²) < 4.78 is 0. The van der Waals surface area contributed by atoms with Gasteiger partial charge in [0.05, 0.1) is 5.35 Å². The molecule has 0 atom stereocenters. The Morgan fingerprint density at radius 2 is 2.21 bits per heavy atom. The van der Waals surface area contributed by atoms with Gasteiger partial charge < -0.3 is 0 Å². The molecule has 0 fully saturated rings. The molecule has 0 bridgehead atoms. The van der Waals surface area contributed by atoms with Crippen molar-refractivity contribution in [2.75, 3.05) is 0 Å². The van der Waals surface area contributed by atoms with E-state index in [1.165, 1.54) is 0 Å². The molecule has 0 saturated heterocycles. The lowest BCUT2D eigenvalue weighted by atomic mass is 10.0. The first-order chi connectivity index (χ1) is 6.72. The van der Waals surface area contributed by atoms with Crippen LogP contribution < -0.4 is 10.6 Å². The average molecular weight is 187 g/mol. The predicted molar refractivity (Wildman–Crippen MR) is 56.1 cm³/mol. The van der Waals surface area contributed by atoms with Gasteiger partial charge in [-0.1, -0.05) is 6.08 Å². The first kappa shape index (κ1) is 9.13. The number of hydrogen-bond donors (Lipinski definition) is 0. The van der Waals surface area contributed by atoms with Crippen LogP contribution in [0.15, 0.2) is 6.07 Å². The van der Waals surface area contributed by atoms with Crippen LogP contribution in [0.3, 0.4) is 0 Å². The van der Waals surface area contributed by atoms with Crippen LogP contribution in [-0.2, 0) is 4.79 Å². The van der Waals surface area contributed by atoms with Crippen LogP contribution in [0, 0.1) is 13.8 Å². The SMILES string of the molecule is Cc1cc2c(nc1C)=CCCC=2C=O. The second-order valence-corrected chi connectivity index (χ2v) is 3.71. The Morgan fingerprint density at radius 1 is 1.43 bits per heavy atom. The molecule has 0 radical (unpaired) electrons. The fraction of sp³-hybridized carbons (Fsp3) is 0.333. The highest BCUT2D eigenvalue weighted by atomic mass is 16.1. The molecule has 2 heteroatoms. The van der Waals surface area contributed by atoms with Gasteiger partial charge in [-0.05, 0) is 38.3 Å². The Kier molecular flexibility index (Phi) is 2.20. The van der Waals surface area contributed by atoms with Gasteiger partial charge in [-0.2, -0.15) is 0 Å². The maximum Gasteiger partial charge on any atom is 0.146 e. The number of carbonyl (C=O) groups is 1. The van der Waals surface area contributed by atoms with Gasteiger partial charge in [-0.15, -0.1) is 0 Å². The Labute approximate surface area is 83.0 Å². The lowest BCUT2D eigenvalue weighted by Crippen LogP contribution is -2.34. The normalized spacial score (nSPS) is 14.6. The van der Waals surface area contributed by atoms with Gasteiger partial charge in [0.15, 0.2) is 0 Å². The molecule has 1 aromatic rings. The van der Waals surface area contributed by atoms with Crippen molar-refractivity contribution in [1.29, 1.82) is 0 Å². The molecule has 1 aliphatic carbocycles. The molecule has 0 N–H and O–H groups in total. The molecule has 1 aliphatic rings. The van der Waals surface area contributed by atoms with Crippen LogP contribution >= 0.6 is 0 Å². The van der Waals surface area contributed by atoms with E-state index < -0.39 is 0 Å². The van der Waals surface area contributed by atoms with Gasteiger partial charge in [-0.25, -0.2) is 0 Å². The minimum atomic E-state index is 0.848. The van der Waals surface area contributed by atoms with Gasteiger partial charge in [0.2, 0.25) is 0 Å². The molecule has 0 aliphatic heterocycles. The quantitative estimate of drug-likeness (QED) is 0.603. The monoisotopic (exact) mass is 187 g/mol. The number of hydrogen-bond acceptors (Lipinski definition) is 2. The first-order valence-electron chi connectivity index (χ1n) is 4.85. The fourth-order valence-corrected chi connectivity index (χ4v) is 1.76. The third-order valence-corrected chi connectivity index (χ3v) is 2.74. The predicted octanol–water partition coefficient (Wildman–Crippen LogP) is 0.622. The van der Waals surface area contributed by atoms with E-state index in [1.807, 2.05) is 13.8 Å². The molecular formula is C12H13NO. The Hall–Kier alpha value is -1.44. The molecule has 1 aromatic heterocycles. The third kappa shape index (κ3) is 1.37. The van der Waals surface area contributed by atoms with E-state index in [0.29, 0.717) is 0 Å². The topological polar surface area (TPSA) is 30.0 Å². The highest BCUT2D eigenvalue weighted by molar-refractivity contribution is 5.98. The van der Waals surface area contributed by atoms with Crippen molar-refractivity contribution in [2.45, 2.75) is 26.7 Å². The fourth-order valence-electron chi connectivity index (χ4n) is 1.76. The summed E-state index contributed by atoms with van der Waals surface area (Å²) in [4.78, 5) is 15.3. The summed E-state index contributed by atoms with van der Waals surface area (Å²) in [6.45, 7) is 4.03. The van der Waals surface area contributed by atoms with Crippen LogP contribution in [0.5, 0.6) is 0 Å². The maximum atomic E-state index is 10.8. The number of fused-ring (bicyclic) bond motifs is 1. The summed E-state index contributed by atoms with van der Waals surface area (Å²) in [5, 5.41) is 2.00. The van der Waals surface area contributed by atoms with Crippen LogP contribution in [0.4, 0.5) is 0 Å².